The Morgan fingerprint density at radius 3 is 2.90 bits per heavy atom. The van der Waals surface area contributed by atoms with Crippen molar-refractivity contribution < 1.29 is 14.3 Å². The lowest BCUT2D eigenvalue weighted by Crippen LogP contribution is -2.27. The van der Waals surface area contributed by atoms with Crippen molar-refractivity contribution in [2.24, 2.45) is 5.92 Å². The van der Waals surface area contributed by atoms with Crippen LogP contribution >= 0.6 is 0 Å². The molecule has 0 bridgehead atoms. The molecule has 2 rings (SSSR count). The van der Waals surface area contributed by atoms with Gasteiger partial charge in [0.15, 0.2) is 0 Å². The van der Waals surface area contributed by atoms with Gasteiger partial charge < -0.3 is 10.4 Å². The molecular formula is C17H20FNO2. The minimum absolute atomic E-state index is 0.0122. The molecule has 1 aromatic rings. The van der Waals surface area contributed by atoms with Crippen molar-refractivity contribution in [2.75, 3.05) is 6.61 Å². The number of amides is 1. The Morgan fingerprint density at radius 2 is 2.24 bits per heavy atom. The number of hydrogen-bond acceptors (Lipinski definition) is 2. The minimum Gasteiger partial charge on any atom is -0.395 e. The molecule has 2 N–H and O–H groups in total. The molecule has 1 fully saturated rings. The Kier molecular flexibility index (Phi) is 5.77. The minimum atomic E-state index is -0.341. The quantitative estimate of drug-likeness (QED) is 0.818. The van der Waals surface area contributed by atoms with Crippen molar-refractivity contribution >= 4 is 5.91 Å². The third-order valence-electron chi connectivity index (χ3n) is 3.69. The van der Waals surface area contributed by atoms with E-state index in [0.717, 1.165) is 12.8 Å². The van der Waals surface area contributed by atoms with Gasteiger partial charge in [-0.25, -0.2) is 4.39 Å². The first-order valence-electron chi connectivity index (χ1n) is 7.34. The fourth-order valence-electron chi connectivity index (χ4n) is 2.23. The van der Waals surface area contributed by atoms with E-state index in [1.165, 1.54) is 12.5 Å². The first-order valence-corrected chi connectivity index (χ1v) is 7.34. The van der Waals surface area contributed by atoms with Crippen molar-refractivity contribution in [3.63, 3.8) is 0 Å². The van der Waals surface area contributed by atoms with E-state index in [1.807, 2.05) is 0 Å². The van der Waals surface area contributed by atoms with Gasteiger partial charge in [0, 0.05) is 30.5 Å². The molecule has 1 aliphatic rings. The summed E-state index contributed by atoms with van der Waals surface area (Å²) in [5, 5.41) is 11.4. The van der Waals surface area contributed by atoms with E-state index < -0.39 is 0 Å². The maximum absolute atomic E-state index is 13.7. The lowest BCUT2D eigenvalue weighted by atomic mass is 9.83. The number of hydrogen-bond donors (Lipinski definition) is 2. The Balaban J connectivity index is 1.90. The van der Waals surface area contributed by atoms with Gasteiger partial charge in [-0.15, -0.1) is 0 Å². The van der Waals surface area contributed by atoms with Crippen molar-refractivity contribution in [3.05, 3.63) is 35.1 Å². The summed E-state index contributed by atoms with van der Waals surface area (Å²) in [7, 11) is 0. The molecule has 112 valence electrons. The molecule has 0 saturated heterocycles. The van der Waals surface area contributed by atoms with Gasteiger partial charge in [0.05, 0.1) is 6.61 Å². The zero-order chi connectivity index (χ0) is 15.1. The van der Waals surface area contributed by atoms with Gasteiger partial charge in [0.25, 0.3) is 0 Å². The largest absolute Gasteiger partial charge is 0.395 e. The highest BCUT2D eigenvalue weighted by Crippen LogP contribution is 2.29. The van der Waals surface area contributed by atoms with Crippen molar-refractivity contribution in [1.29, 1.82) is 0 Å². The molecule has 1 aliphatic carbocycles. The Bertz CT molecular complexity index is 556. The Hall–Kier alpha value is -1.86. The summed E-state index contributed by atoms with van der Waals surface area (Å²) in [5.41, 5.74) is 1.13. The lowest BCUT2D eigenvalue weighted by Gasteiger charge is -2.24. The number of benzene rings is 1. The summed E-state index contributed by atoms with van der Waals surface area (Å²) in [6, 6.07) is 4.60. The van der Waals surface area contributed by atoms with E-state index in [2.05, 4.69) is 17.2 Å². The van der Waals surface area contributed by atoms with Crippen LogP contribution in [0.2, 0.25) is 0 Å². The van der Waals surface area contributed by atoms with Gasteiger partial charge in [-0.05, 0) is 37.0 Å². The Morgan fingerprint density at radius 1 is 1.43 bits per heavy atom. The number of halogens is 1. The molecule has 0 aromatic heterocycles. The van der Waals surface area contributed by atoms with Gasteiger partial charge >= 0.3 is 0 Å². The molecule has 0 atom stereocenters. The SMILES string of the molecule is O=C(CC1CCC1)NCc1cc(C#CCCO)ccc1F. The second kappa shape index (κ2) is 7.80. The average Bonchev–Trinajstić information content (AvgIpc) is 2.43. The molecule has 1 aromatic carbocycles. The highest BCUT2D eigenvalue weighted by atomic mass is 19.1. The van der Waals surface area contributed by atoms with Crippen LogP contribution in [0.4, 0.5) is 4.39 Å². The smallest absolute Gasteiger partial charge is 0.220 e. The molecule has 0 radical (unpaired) electrons. The third-order valence-corrected chi connectivity index (χ3v) is 3.69. The van der Waals surface area contributed by atoms with Crippen molar-refractivity contribution in [3.8, 4) is 11.8 Å². The molecule has 0 spiro atoms. The van der Waals surface area contributed by atoms with Gasteiger partial charge in [0.2, 0.25) is 5.91 Å². The van der Waals surface area contributed by atoms with Gasteiger partial charge in [-0.2, -0.15) is 0 Å². The number of rotatable bonds is 5. The van der Waals surface area contributed by atoms with Crippen molar-refractivity contribution in [1.82, 2.24) is 5.32 Å². The van der Waals surface area contributed by atoms with Crippen LogP contribution in [0.15, 0.2) is 18.2 Å². The van der Waals surface area contributed by atoms with Gasteiger partial charge in [-0.3, -0.25) is 4.79 Å². The second-order valence-electron chi connectivity index (χ2n) is 5.36. The normalized spacial score (nSPS) is 14.0. The highest BCUT2D eigenvalue weighted by molar-refractivity contribution is 5.76. The van der Waals surface area contributed by atoms with Gasteiger partial charge in [-0.1, -0.05) is 18.3 Å². The number of carbonyl (C=O) groups is 1. The summed E-state index contributed by atoms with van der Waals surface area (Å²) in [6.45, 7) is 0.200. The van der Waals surface area contributed by atoms with Crippen LogP contribution in [0, 0.1) is 23.6 Å². The molecule has 3 nitrogen and oxygen atoms in total. The lowest BCUT2D eigenvalue weighted by molar-refractivity contribution is -0.122. The first kappa shape index (κ1) is 15.5. The Labute approximate surface area is 124 Å². The monoisotopic (exact) mass is 289 g/mol. The van der Waals surface area contributed by atoms with Crippen LogP contribution in [-0.2, 0) is 11.3 Å². The van der Waals surface area contributed by atoms with E-state index in [9.17, 15) is 9.18 Å². The molecule has 0 heterocycles. The summed E-state index contributed by atoms with van der Waals surface area (Å²) < 4.78 is 13.7. The van der Waals surface area contributed by atoms with Crippen LogP contribution in [0.1, 0.15) is 43.2 Å². The number of aliphatic hydroxyl groups excluding tert-OH is 1. The summed E-state index contributed by atoms with van der Waals surface area (Å²) in [4.78, 5) is 11.7. The summed E-state index contributed by atoms with van der Waals surface area (Å²) in [6.07, 6.45) is 4.39. The maximum atomic E-state index is 13.7. The predicted molar refractivity (Wildman–Crippen MR) is 78.8 cm³/mol. The zero-order valence-electron chi connectivity index (χ0n) is 12.0. The molecular weight excluding hydrogens is 269 g/mol. The standard InChI is InChI=1S/C17H20FNO2/c18-16-8-7-14(4-1-2-9-20)10-15(16)12-19-17(21)11-13-5-3-6-13/h7-8,10,13,20H,2-3,5-6,9,11-12H2,(H,19,21). The van der Waals surface area contributed by atoms with Crippen LogP contribution in [-0.4, -0.2) is 17.6 Å². The third kappa shape index (κ3) is 4.87. The van der Waals surface area contributed by atoms with E-state index in [0.29, 0.717) is 29.9 Å². The van der Waals surface area contributed by atoms with Crippen LogP contribution in [0.25, 0.3) is 0 Å². The molecule has 1 saturated carbocycles. The molecule has 0 unspecified atom stereocenters. The number of carbonyl (C=O) groups excluding carboxylic acids is 1. The zero-order valence-corrected chi connectivity index (χ0v) is 12.0. The van der Waals surface area contributed by atoms with E-state index >= 15 is 0 Å². The van der Waals surface area contributed by atoms with Crippen LogP contribution < -0.4 is 5.32 Å². The highest BCUT2D eigenvalue weighted by Gasteiger charge is 2.20. The van der Waals surface area contributed by atoms with Gasteiger partial charge in [0.1, 0.15) is 5.82 Å². The molecule has 0 aliphatic heterocycles. The first-order chi connectivity index (χ1) is 10.2. The number of aliphatic hydroxyl groups is 1. The number of nitrogens with one attached hydrogen (secondary N) is 1. The summed E-state index contributed by atoms with van der Waals surface area (Å²) in [5.74, 6) is 5.80. The predicted octanol–water partition coefficient (Wildman–Crippen LogP) is 2.37. The van der Waals surface area contributed by atoms with E-state index in [4.69, 9.17) is 5.11 Å². The average molecular weight is 289 g/mol. The summed E-state index contributed by atoms with van der Waals surface area (Å²) >= 11 is 0. The molecule has 1 amide bonds. The maximum Gasteiger partial charge on any atom is 0.220 e. The second-order valence-corrected chi connectivity index (χ2v) is 5.36. The molecule has 21 heavy (non-hydrogen) atoms. The van der Waals surface area contributed by atoms with Crippen molar-refractivity contribution in [2.45, 2.75) is 38.6 Å². The van der Waals surface area contributed by atoms with E-state index in [-0.39, 0.29) is 24.9 Å². The fraction of sp³-hybridized carbons (Fsp3) is 0.471. The van der Waals surface area contributed by atoms with Crippen LogP contribution in [0.3, 0.4) is 0 Å². The topological polar surface area (TPSA) is 49.3 Å². The van der Waals surface area contributed by atoms with Crippen LogP contribution in [0.5, 0.6) is 0 Å². The van der Waals surface area contributed by atoms with E-state index in [1.54, 1.807) is 12.1 Å². The molecule has 4 heteroatoms. The fourth-order valence-corrected chi connectivity index (χ4v) is 2.23.